The van der Waals surface area contributed by atoms with Gasteiger partial charge in [0.1, 0.15) is 13.2 Å². The van der Waals surface area contributed by atoms with Crippen molar-refractivity contribution in [1.29, 1.82) is 0 Å². The third kappa shape index (κ3) is 1.98. The Bertz CT molecular complexity index is 469. The second kappa shape index (κ2) is 3.79. The number of fused-ring (bicyclic) bond motifs is 1. The van der Waals surface area contributed by atoms with Gasteiger partial charge in [-0.15, -0.1) is 0 Å². The fourth-order valence-corrected chi connectivity index (χ4v) is 2.45. The highest BCUT2D eigenvalue weighted by atomic mass is 35.5. The van der Waals surface area contributed by atoms with Crippen LogP contribution in [0.3, 0.4) is 0 Å². The monoisotopic (exact) mass is 253 g/mol. The maximum absolute atomic E-state index is 6.37. The van der Waals surface area contributed by atoms with Gasteiger partial charge < -0.3 is 15.2 Å². The van der Waals surface area contributed by atoms with E-state index in [0.717, 1.165) is 46.9 Å². The molecule has 0 bridgehead atoms. The maximum atomic E-state index is 6.37. The van der Waals surface area contributed by atoms with Crippen molar-refractivity contribution in [3.8, 4) is 11.5 Å². The van der Waals surface area contributed by atoms with Crippen LogP contribution in [-0.2, 0) is 6.42 Å². The molecule has 1 aliphatic heterocycles. The number of halogens is 1. The first kappa shape index (κ1) is 11.2. The van der Waals surface area contributed by atoms with Crippen LogP contribution in [0, 0.1) is 6.92 Å². The quantitative estimate of drug-likeness (QED) is 0.881. The van der Waals surface area contributed by atoms with Gasteiger partial charge in [-0.05, 0) is 37.8 Å². The van der Waals surface area contributed by atoms with Crippen molar-refractivity contribution in [2.45, 2.75) is 31.7 Å². The summed E-state index contributed by atoms with van der Waals surface area (Å²) in [5.74, 6) is 1.59. The molecule has 0 spiro atoms. The zero-order valence-corrected chi connectivity index (χ0v) is 10.6. The van der Waals surface area contributed by atoms with E-state index < -0.39 is 0 Å². The van der Waals surface area contributed by atoms with Gasteiger partial charge in [-0.1, -0.05) is 11.6 Å². The second-order valence-corrected chi connectivity index (χ2v) is 5.42. The smallest absolute Gasteiger partial charge is 0.165 e. The van der Waals surface area contributed by atoms with E-state index in [2.05, 4.69) is 0 Å². The van der Waals surface area contributed by atoms with E-state index in [4.69, 9.17) is 26.8 Å². The highest BCUT2D eigenvalue weighted by Gasteiger charge is 2.39. The lowest BCUT2D eigenvalue weighted by atomic mass is 10.0. The third-order valence-electron chi connectivity index (χ3n) is 3.50. The molecule has 1 fully saturated rings. The zero-order valence-electron chi connectivity index (χ0n) is 9.88. The SMILES string of the molecule is Cc1c(Cl)c(CC2(N)CC2)cc2c1OCCO2. The fourth-order valence-electron chi connectivity index (χ4n) is 2.24. The van der Waals surface area contributed by atoms with E-state index in [1.54, 1.807) is 0 Å². The molecule has 0 radical (unpaired) electrons. The highest BCUT2D eigenvalue weighted by Crippen LogP contribution is 2.43. The molecule has 1 heterocycles. The molecule has 0 amide bonds. The average molecular weight is 254 g/mol. The minimum atomic E-state index is -0.0418. The van der Waals surface area contributed by atoms with E-state index in [1.165, 1.54) is 0 Å². The molecule has 0 aromatic heterocycles. The molecule has 0 atom stereocenters. The lowest BCUT2D eigenvalue weighted by molar-refractivity contribution is 0.170. The summed E-state index contributed by atoms with van der Waals surface area (Å²) in [7, 11) is 0. The summed E-state index contributed by atoms with van der Waals surface area (Å²) in [5.41, 5.74) is 8.14. The molecule has 1 aromatic rings. The van der Waals surface area contributed by atoms with Crippen LogP contribution < -0.4 is 15.2 Å². The van der Waals surface area contributed by atoms with Crippen LogP contribution in [0.5, 0.6) is 11.5 Å². The summed E-state index contributed by atoms with van der Waals surface area (Å²) in [6.07, 6.45) is 2.98. The highest BCUT2D eigenvalue weighted by molar-refractivity contribution is 6.32. The number of hydrogen-bond donors (Lipinski definition) is 1. The Morgan fingerprint density at radius 2 is 2.06 bits per heavy atom. The van der Waals surface area contributed by atoms with E-state index in [1.807, 2.05) is 13.0 Å². The summed E-state index contributed by atoms with van der Waals surface area (Å²) in [4.78, 5) is 0. The van der Waals surface area contributed by atoms with Gasteiger partial charge in [0.2, 0.25) is 0 Å². The predicted octanol–water partition coefficient (Wildman–Crippen LogP) is 2.45. The second-order valence-electron chi connectivity index (χ2n) is 5.04. The van der Waals surface area contributed by atoms with Crippen molar-refractivity contribution in [2.24, 2.45) is 5.73 Å². The lowest BCUT2D eigenvalue weighted by Gasteiger charge is -2.23. The molecule has 1 saturated carbocycles. The van der Waals surface area contributed by atoms with Crippen LogP contribution in [0.1, 0.15) is 24.0 Å². The fraction of sp³-hybridized carbons (Fsp3) is 0.538. The van der Waals surface area contributed by atoms with Crippen LogP contribution >= 0.6 is 11.6 Å². The first-order valence-corrected chi connectivity index (χ1v) is 6.33. The molecule has 3 rings (SSSR count). The molecule has 4 heteroatoms. The Hall–Kier alpha value is -0.930. The van der Waals surface area contributed by atoms with Crippen LogP contribution in [0.25, 0.3) is 0 Å². The van der Waals surface area contributed by atoms with Crippen molar-refractivity contribution in [2.75, 3.05) is 13.2 Å². The molecule has 17 heavy (non-hydrogen) atoms. The van der Waals surface area contributed by atoms with Crippen LogP contribution in [0.4, 0.5) is 0 Å². The largest absolute Gasteiger partial charge is 0.486 e. The Balaban J connectivity index is 2.01. The number of rotatable bonds is 2. The number of nitrogens with two attached hydrogens (primary N) is 1. The van der Waals surface area contributed by atoms with E-state index in [-0.39, 0.29) is 5.54 Å². The van der Waals surface area contributed by atoms with E-state index in [0.29, 0.717) is 13.2 Å². The van der Waals surface area contributed by atoms with Crippen molar-refractivity contribution in [3.63, 3.8) is 0 Å². The molecule has 3 nitrogen and oxygen atoms in total. The Labute approximate surface area is 106 Å². The lowest BCUT2D eigenvalue weighted by Crippen LogP contribution is -2.25. The van der Waals surface area contributed by atoms with E-state index >= 15 is 0 Å². The Morgan fingerprint density at radius 3 is 2.76 bits per heavy atom. The van der Waals surface area contributed by atoms with E-state index in [9.17, 15) is 0 Å². The first-order valence-electron chi connectivity index (χ1n) is 5.95. The summed E-state index contributed by atoms with van der Waals surface area (Å²) < 4.78 is 11.2. The maximum Gasteiger partial charge on any atom is 0.165 e. The van der Waals surface area contributed by atoms with Crippen LogP contribution in [0.15, 0.2) is 6.07 Å². The van der Waals surface area contributed by atoms with Gasteiger partial charge in [0.15, 0.2) is 11.5 Å². The van der Waals surface area contributed by atoms with Crippen molar-refractivity contribution in [1.82, 2.24) is 0 Å². The summed E-state index contributed by atoms with van der Waals surface area (Å²) in [5, 5.41) is 0.769. The summed E-state index contributed by atoms with van der Waals surface area (Å²) in [6.45, 7) is 3.15. The minimum Gasteiger partial charge on any atom is -0.486 e. The van der Waals surface area contributed by atoms with Crippen molar-refractivity contribution in [3.05, 3.63) is 22.2 Å². The van der Waals surface area contributed by atoms with Crippen LogP contribution in [0.2, 0.25) is 5.02 Å². The molecule has 92 valence electrons. The van der Waals surface area contributed by atoms with Crippen molar-refractivity contribution < 1.29 is 9.47 Å². The molecule has 1 aromatic carbocycles. The Kier molecular flexibility index (Phi) is 2.49. The van der Waals surface area contributed by atoms with Crippen LogP contribution in [-0.4, -0.2) is 18.8 Å². The average Bonchev–Trinajstić information content (AvgIpc) is 3.04. The van der Waals surface area contributed by atoms with Gasteiger partial charge in [0.25, 0.3) is 0 Å². The number of ether oxygens (including phenoxy) is 2. The third-order valence-corrected chi connectivity index (χ3v) is 4.03. The van der Waals surface area contributed by atoms with Gasteiger partial charge in [-0.3, -0.25) is 0 Å². The van der Waals surface area contributed by atoms with Gasteiger partial charge in [0.05, 0.1) is 5.02 Å². The van der Waals surface area contributed by atoms with Crippen molar-refractivity contribution >= 4 is 11.6 Å². The van der Waals surface area contributed by atoms with Gasteiger partial charge in [-0.25, -0.2) is 0 Å². The summed E-state index contributed by atoms with van der Waals surface area (Å²) >= 11 is 6.37. The minimum absolute atomic E-state index is 0.0418. The normalized spacial score (nSPS) is 20.2. The molecule has 2 aliphatic rings. The molecular weight excluding hydrogens is 238 g/mol. The van der Waals surface area contributed by atoms with Gasteiger partial charge in [0, 0.05) is 11.1 Å². The number of benzene rings is 1. The first-order chi connectivity index (χ1) is 8.09. The molecule has 1 aliphatic carbocycles. The molecule has 2 N–H and O–H groups in total. The predicted molar refractivity (Wildman–Crippen MR) is 67.0 cm³/mol. The summed E-state index contributed by atoms with van der Waals surface area (Å²) in [6, 6.07) is 1.98. The molecular formula is C13H16ClNO2. The molecule has 0 saturated heterocycles. The number of hydrogen-bond acceptors (Lipinski definition) is 3. The molecule has 0 unspecified atom stereocenters. The standard InChI is InChI=1S/C13H16ClNO2/c1-8-11(14)9(7-13(15)2-3-13)6-10-12(8)17-5-4-16-10/h6H,2-5,7,15H2,1H3. The topological polar surface area (TPSA) is 44.5 Å². The van der Waals surface area contributed by atoms with Gasteiger partial charge in [-0.2, -0.15) is 0 Å². The zero-order chi connectivity index (χ0) is 12.0. The Morgan fingerprint density at radius 1 is 1.35 bits per heavy atom. The van der Waals surface area contributed by atoms with Gasteiger partial charge >= 0.3 is 0 Å².